The molecule has 0 bridgehead atoms. The first kappa shape index (κ1) is 10.2. The van der Waals surface area contributed by atoms with E-state index >= 15 is 0 Å². The molecule has 0 aliphatic heterocycles. The molecule has 72 valence electrons. The van der Waals surface area contributed by atoms with Gasteiger partial charge in [-0.25, -0.2) is 4.39 Å². The molecule has 0 aromatic heterocycles. The molecule has 0 heterocycles. The van der Waals surface area contributed by atoms with Crippen LogP contribution in [-0.4, -0.2) is 19.3 Å². The lowest BCUT2D eigenvalue weighted by Gasteiger charge is -2.19. The molecule has 1 unspecified atom stereocenters. The SMILES string of the molecule is CNCC(C)(F)Cc1ccccc1. The van der Waals surface area contributed by atoms with Crippen molar-refractivity contribution in [2.45, 2.75) is 19.0 Å². The van der Waals surface area contributed by atoms with Crippen LogP contribution in [0.25, 0.3) is 0 Å². The molecule has 0 spiro atoms. The minimum atomic E-state index is -1.16. The summed E-state index contributed by atoms with van der Waals surface area (Å²) in [4.78, 5) is 0. The summed E-state index contributed by atoms with van der Waals surface area (Å²) in [7, 11) is 1.77. The van der Waals surface area contributed by atoms with Gasteiger partial charge in [-0.3, -0.25) is 0 Å². The highest BCUT2D eigenvalue weighted by atomic mass is 19.1. The average Bonchev–Trinajstić information content (AvgIpc) is 2.04. The van der Waals surface area contributed by atoms with E-state index in [1.54, 1.807) is 14.0 Å². The number of hydrogen-bond acceptors (Lipinski definition) is 1. The van der Waals surface area contributed by atoms with Gasteiger partial charge in [0.2, 0.25) is 0 Å². The molecule has 0 amide bonds. The van der Waals surface area contributed by atoms with Gasteiger partial charge >= 0.3 is 0 Å². The molecular formula is C11H16FN. The zero-order chi connectivity index (χ0) is 9.73. The lowest BCUT2D eigenvalue weighted by Crippen LogP contribution is -2.33. The lowest BCUT2D eigenvalue weighted by atomic mass is 9.98. The lowest BCUT2D eigenvalue weighted by molar-refractivity contribution is 0.188. The molecule has 13 heavy (non-hydrogen) atoms. The second kappa shape index (κ2) is 4.38. The van der Waals surface area contributed by atoms with Crippen LogP contribution in [0.1, 0.15) is 12.5 Å². The molecule has 0 aliphatic rings. The third-order valence-corrected chi connectivity index (χ3v) is 1.96. The van der Waals surface area contributed by atoms with E-state index in [9.17, 15) is 4.39 Å². The summed E-state index contributed by atoms with van der Waals surface area (Å²) < 4.78 is 13.7. The van der Waals surface area contributed by atoms with E-state index in [1.165, 1.54) is 0 Å². The molecule has 0 aliphatic carbocycles. The first-order valence-corrected chi connectivity index (χ1v) is 4.51. The Morgan fingerprint density at radius 3 is 2.46 bits per heavy atom. The second-order valence-electron chi connectivity index (χ2n) is 3.61. The molecule has 1 aromatic rings. The fourth-order valence-corrected chi connectivity index (χ4v) is 1.45. The maximum atomic E-state index is 13.7. The molecule has 0 saturated heterocycles. The predicted octanol–water partition coefficient (Wildman–Crippen LogP) is 2.18. The number of nitrogens with one attached hydrogen (secondary N) is 1. The largest absolute Gasteiger partial charge is 0.317 e. The summed E-state index contributed by atoms with van der Waals surface area (Å²) in [6.07, 6.45) is 0.467. The smallest absolute Gasteiger partial charge is 0.124 e. The van der Waals surface area contributed by atoms with E-state index in [1.807, 2.05) is 30.3 Å². The third-order valence-electron chi connectivity index (χ3n) is 1.96. The van der Waals surface area contributed by atoms with Gasteiger partial charge in [0.25, 0.3) is 0 Å². The van der Waals surface area contributed by atoms with Crippen molar-refractivity contribution in [3.05, 3.63) is 35.9 Å². The van der Waals surface area contributed by atoms with Gasteiger partial charge in [-0.1, -0.05) is 30.3 Å². The topological polar surface area (TPSA) is 12.0 Å². The Bertz CT molecular complexity index is 244. The number of alkyl halides is 1. The number of halogens is 1. The Hall–Kier alpha value is -0.890. The van der Waals surface area contributed by atoms with Crippen molar-refractivity contribution < 1.29 is 4.39 Å². The van der Waals surface area contributed by atoms with Crippen LogP contribution in [0.5, 0.6) is 0 Å². The third kappa shape index (κ3) is 3.55. The van der Waals surface area contributed by atoms with Gasteiger partial charge in [0.1, 0.15) is 5.67 Å². The molecule has 1 nitrogen and oxygen atoms in total. The van der Waals surface area contributed by atoms with Gasteiger partial charge in [-0.2, -0.15) is 0 Å². The van der Waals surface area contributed by atoms with Gasteiger partial charge in [0.15, 0.2) is 0 Å². The first-order chi connectivity index (χ1) is 6.14. The number of rotatable bonds is 4. The summed E-state index contributed by atoms with van der Waals surface area (Å²) in [5.41, 5.74) is -0.112. The van der Waals surface area contributed by atoms with Crippen LogP contribution in [0.2, 0.25) is 0 Å². The van der Waals surface area contributed by atoms with Gasteiger partial charge in [0, 0.05) is 13.0 Å². The fraction of sp³-hybridized carbons (Fsp3) is 0.455. The summed E-state index contributed by atoms with van der Waals surface area (Å²) in [5.74, 6) is 0. The molecule has 0 fully saturated rings. The second-order valence-corrected chi connectivity index (χ2v) is 3.61. The average molecular weight is 181 g/mol. The van der Waals surface area contributed by atoms with Crippen molar-refractivity contribution in [2.24, 2.45) is 0 Å². The maximum Gasteiger partial charge on any atom is 0.124 e. The van der Waals surface area contributed by atoms with E-state index in [2.05, 4.69) is 5.32 Å². The van der Waals surface area contributed by atoms with Crippen LogP contribution in [0.3, 0.4) is 0 Å². The molecule has 1 atom stereocenters. The van der Waals surface area contributed by atoms with E-state index in [4.69, 9.17) is 0 Å². The van der Waals surface area contributed by atoms with Gasteiger partial charge < -0.3 is 5.32 Å². The summed E-state index contributed by atoms with van der Waals surface area (Å²) in [6, 6.07) is 9.72. The van der Waals surface area contributed by atoms with Crippen molar-refractivity contribution >= 4 is 0 Å². The number of hydrogen-bond donors (Lipinski definition) is 1. The van der Waals surface area contributed by atoms with Crippen LogP contribution in [0.15, 0.2) is 30.3 Å². The Morgan fingerprint density at radius 2 is 1.92 bits per heavy atom. The molecular weight excluding hydrogens is 165 g/mol. The number of benzene rings is 1. The standard InChI is InChI=1S/C11H16FN/c1-11(12,9-13-2)8-10-6-4-3-5-7-10/h3-7,13H,8-9H2,1-2H3. The Balaban J connectivity index is 2.58. The van der Waals surface area contributed by atoms with Crippen molar-refractivity contribution in [3.8, 4) is 0 Å². The van der Waals surface area contributed by atoms with Crippen LogP contribution < -0.4 is 5.32 Å². The maximum absolute atomic E-state index is 13.7. The van der Waals surface area contributed by atoms with Crippen molar-refractivity contribution in [1.29, 1.82) is 0 Å². The highest BCUT2D eigenvalue weighted by Crippen LogP contribution is 2.16. The highest BCUT2D eigenvalue weighted by molar-refractivity contribution is 5.16. The van der Waals surface area contributed by atoms with E-state index < -0.39 is 5.67 Å². The van der Waals surface area contributed by atoms with Crippen LogP contribution in [-0.2, 0) is 6.42 Å². The van der Waals surface area contributed by atoms with Crippen LogP contribution in [0.4, 0.5) is 4.39 Å². The molecule has 0 radical (unpaired) electrons. The minimum Gasteiger partial charge on any atom is -0.317 e. The van der Waals surface area contributed by atoms with Gasteiger partial charge in [-0.05, 0) is 19.5 Å². The summed E-state index contributed by atoms with van der Waals surface area (Å²) in [5, 5.41) is 2.85. The van der Waals surface area contributed by atoms with Gasteiger partial charge in [-0.15, -0.1) is 0 Å². The van der Waals surface area contributed by atoms with Crippen molar-refractivity contribution in [2.75, 3.05) is 13.6 Å². The van der Waals surface area contributed by atoms with Crippen molar-refractivity contribution in [3.63, 3.8) is 0 Å². The zero-order valence-electron chi connectivity index (χ0n) is 8.18. The Kier molecular flexibility index (Phi) is 3.43. The van der Waals surface area contributed by atoms with Crippen LogP contribution >= 0.6 is 0 Å². The van der Waals surface area contributed by atoms with Gasteiger partial charge in [0.05, 0.1) is 0 Å². The molecule has 1 rings (SSSR count). The molecule has 0 saturated carbocycles. The molecule has 1 N–H and O–H groups in total. The Labute approximate surface area is 79.0 Å². The molecule has 1 aromatic carbocycles. The summed E-state index contributed by atoms with van der Waals surface area (Å²) >= 11 is 0. The molecule has 2 heteroatoms. The quantitative estimate of drug-likeness (QED) is 0.750. The monoisotopic (exact) mass is 181 g/mol. The van der Waals surface area contributed by atoms with E-state index in [0.717, 1.165) is 5.56 Å². The van der Waals surface area contributed by atoms with Crippen molar-refractivity contribution in [1.82, 2.24) is 5.32 Å². The van der Waals surface area contributed by atoms with E-state index in [0.29, 0.717) is 13.0 Å². The highest BCUT2D eigenvalue weighted by Gasteiger charge is 2.22. The fourth-order valence-electron chi connectivity index (χ4n) is 1.45. The van der Waals surface area contributed by atoms with Crippen LogP contribution in [0, 0.1) is 0 Å². The first-order valence-electron chi connectivity index (χ1n) is 4.51. The minimum absolute atomic E-state index is 0.391. The normalized spacial score (nSPS) is 15.3. The zero-order valence-corrected chi connectivity index (χ0v) is 8.18. The summed E-state index contributed by atoms with van der Waals surface area (Å²) in [6.45, 7) is 2.01. The predicted molar refractivity (Wildman–Crippen MR) is 53.6 cm³/mol. The Morgan fingerprint density at radius 1 is 1.31 bits per heavy atom. The van der Waals surface area contributed by atoms with E-state index in [-0.39, 0.29) is 0 Å².